The Morgan fingerprint density at radius 3 is 2.43 bits per heavy atom. The average molecular weight is 515 g/mol. The van der Waals surface area contributed by atoms with Crippen LogP contribution in [0.15, 0.2) is 77.7 Å². The molecule has 0 saturated heterocycles. The van der Waals surface area contributed by atoms with Crippen molar-refractivity contribution in [1.82, 2.24) is 5.32 Å². The van der Waals surface area contributed by atoms with E-state index in [0.717, 1.165) is 10.1 Å². The molecule has 1 amide bonds. The van der Waals surface area contributed by atoms with Gasteiger partial charge in [0.05, 0.1) is 24.8 Å². The number of hydrogen-bond donors (Lipinski definition) is 1. The molecule has 3 aromatic rings. The van der Waals surface area contributed by atoms with Crippen molar-refractivity contribution in [3.63, 3.8) is 0 Å². The number of anilines is 1. The van der Waals surface area contributed by atoms with Gasteiger partial charge in [-0.1, -0.05) is 48.0 Å². The SMILES string of the molecule is COc1ccc(OC)c(N(CC(=O)NCCSCc2cccc(C)c2)S(=O)(=O)c2ccccc2)c1. The molecule has 0 aromatic heterocycles. The van der Waals surface area contributed by atoms with Gasteiger partial charge in [0.1, 0.15) is 18.0 Å². The lowest BCUT2D eigenvalue weighted by Crippen LogP contribution is -2.41. The molecule has 0 bridgehead atoms. The first kappa shape index (κ1) is 26.4. The lowest BCUT2D eigenvalue weighted by molar-refractivity contribution is -0.119. The van der Waals surface area contributed by atoms with Crippen LogP contribution >= 0.6 is 11.8 Å². The second-order valence-electron chi connectivity index (χ2n) is 7.75. The summed E-state index contributed by atoms with van der Waals surface area (Å²) in [5, 5.41) is 2.83. The minimum atomic E-state index is -4.05. The number of thioether (sulfide) groups is 1. The smallest absolute Gasteiger partial charge is 0.264 e. The van der Waals surface area contributed by atoms with Gasteiger partial charge in [-0.2, -0.15) is 11.8 Å². The maximum absolute atomic E-state index is 13.5. The zero-order valence-corrected chi connectivity index (χ0v) is 21.7. The first-order valence-corrected chi connectivity index (χ1v) is 13.6. The van der Waals surface area contributed by atoms with Crippen LogP contribution in [0.5, 0.6) is 11.5 Å². The molecular formula is C26H30N2O5S2. The van der Waals surface area contributed by atoms with Crippen LogP contribution in [-0.4, -0.2) is 47.4 Å². The maximum Gasteiger partial charge on any atom is 0.264 e. The van der Waals surface area contributed by atoms with Crippen LogP contribution in [0.25, 0.3) is 0 Å². The predicted molar refractivity (Wildman–Crippen MR) is 141 cm³/mol. The van der Waals surface area contributed by atoms with Crippen LogP contribution in [0.4, 0.5) is 5.69 Å². The second kappa shape index (κ2) is 12.5. The van der Waals surface area contributed by atoms with Crippen molar-refractivity contribution in [2.75, 3.05) is 37.4 Å². The lowest BCUT2D eigenvalue weighted by atomic mass is 10.2. The molecule has 186 valence electrons. The molecule has 9 heteroatoms. The van der Waals surface area contributed by atoms with Crippen LogP contribution in [0.1, 0.15) is 11.1 Å². The number of nitrogens with one attached hydrogen (secondary N) is 1. The second-order valence-corrected chi connectivity index (χ2v) is 10.7. The molecule has 0 aliphatic carbocycles. The first-order valence-electron chi connectivity index (χ1n) is 11.0. The molecule has 0 atom stereocenters. The zero-order valence-electron chi connectivity index (χ0n) is 20.1. The van der Waals surface area contributed by atoms with E-state index in [4.69, 9.17) is 9.47 Å². The van der Waals surface area contributed by atoms with Crippen molar-refractivity contribution in [2.24, 2.45) is 0 Å². The summed E-state index contributed by atoms with van der Waals surface area (Å²) in [6.07, 6.45) is 0. The number of carbonyl (C=O) groups is 1. The van der Waals surface area contributed by atoms with Crippen LogP contribution < -0.4 is 19.1 Å². The number of nitrogens with zero attached hydrogens (tertiary/aromatic N) is 1. The Morgan fingerprint density at radius 2 is 1.74 bits per heavy atom. The molecule has 0 aliphatic rings. The van der Waals surface area contributed by atoms with Gasteiger partial charge >= 0.3 is 0 Å². The van der Waals surface area contributed by atoms with Crippen LogP contribution in [0.2, 0.25) is 0 Å². The predicted octanol–water partition coefficient (Wildman–Crippen LogP) is 4.26. The first-order chi connectivity index (χ1) is 16.8. The summed E-state index contributed by atoms with van der Waals surface area (Å²) < 4.78 is 38.8. The van der Waals surface area contributed by atoms with Gasteiger partial charge in [-0.15, -0.1) is 0 Å². The molecular weight excluding hydrogens is 484 g/mol. The fourth-order valence-corrected chi connectivity index (χ4v) is 5.70. The van der Waals surface area contributed by atoms with Gasteiger partial charge in [0.15, 0.2) is 0 Å². The number of sulfonamides is 1. The van der Waals surface area contributed by atoms with E-state index >= 15 is 0 Å². The summed E-state index contributed by atoms with van der Waals surface area (Å²) in [6, 6.07) is 21.1. The molecule has 0 saturated carbocycles. The van der Waals surface area contributed by atoms with E-state index in [1.807, 2.05) is 6.07 Å². The van der Waals surface area contributed by atoms with Crippen LogP contribution in [0.3, 0.4) is 0 Å². The van der Waals surface area contributed by atoms with Crippen molar-refractivity contribution in [2.45, 2.75) is 17.6 Å². The fraction of sp³-hybridized carbons (Fsp3) is 0.269. The molecule has 0 heterocycles. The van der Waals surface area contributed by atoms with Crippen molar-refractivity contribution < 1.29 is 22.7 Å². The number of carbonyl (C=O) groups excluding carboxylic acids is 1. The average Bonchev–Trinajstić information content (AvgIpc) is 2.87. The van der Waals surface area contributed by atoms with Gasteiger partial charge in [0.2, 0.25) is 5.91 Å². The fourth-order valence-electron chi connectivity index (χ4n) is 3.45. The highest BCUT2D eigenvalue weighted by Gasteiger charge is 2.29. The van der Waals surface area contributed by atoms with Crippen molar-refractivity contribution in [1.29, 1.82) is 0 Å². The van der Waals surface area contributed by atoms with E-state index in [2.05, 4.69) is 30.4 Å². The molecule has 1 N–H and O–H groups in total. The van der Waals surface area contributed by atoms with E-state index in [9.17, 15) is 13.2 Å². The standard InChI is InChI=1S/C26H30N2O5S2/c1-20-8-7-9-21(16-20)19-34-15-14-27-26(29)18-28(35(30,31)23-10-5-4-6-11-23)24-17-22(32-2)12-13-25(24)33-3/h4-13,16-17H,14-15,18-19H2,1-3H3,(H,27,29). The largest absolute Gasteiger partial charge is 0.497 e. The zero-order chi connectivity index (χ0) is 25.3. The van der Waals surface area contributed by atoms with E-state index < -0.39 is 22.5 Å². The summed E-state index contributed by atoms with van der Waals surface area (Å²) in [5.74, 6) is 1.89. The van der Waals surface area contributed by atoms with Crippen molar-refractivity contribution in [3.05, 3.63) is 83.9 Å². The number of aryl methyl sites for hydroxylation is 1. The van der Waals surface area contributed by atoms with Crippen LogP contribution in [-0.2, 0) is 20.6 Å². The third-order valence-corrected chi connectivity index (χ3v) is 8.00. The van der Waals surface area contributed by atoms with Crippen molar-refractivity contribution >= 4 is 33.4 Å². The van der Waals surface area contributed by atoms with E-state index in [-0.39, 0.29) is 10.6 Å². The van der Waals surface area contributed by atoms with E-state index in [1.165, 1.54) is 37.5 Å². The minimum Gasteiger partial charge on any atom is -0.497 e. The Labute approximate surface area is 211 Å². The number of benzene rings is 3. The third-order valence-electron chi connectivity index (χ3n) is 5.19. The number of rotatable bonds is 12. The number of amides is 1. The molecule has 0 radical (unpaired) electrons. The normalized spacial score (nSPS) is 11.1. The van der Waals surface area contributed by atoms with Gasteiger partial charge in [-0.25, -0.2) is 8.42 Å². The minimum absolute atomic E-state index is 0.0754. The number of hydrogen-bond acceptors (Lipinski definition) is 6. The number of ether oxygens (including phenoxy) is 2. The Bertz CT molecular complexity index is 1230. The van der Waals surface area contributed by atoms with Crippen molar-refractivity contribution in [3.8, 4) is 11.5 Å². The highest BCUT2D eigenvalue weighted by Crippen LogP contribution is 2.35. The molecule has 0 spiro atoms. The maximum atomic E-state index is 13.5. The topological polar surface area (TPSA) is 84.9 Å². The molecule has 3 rings (SSSR count). The molecule has 35 heavy (non-hydrogen) atoms. The summed E-state index contributed by atoms with van der Waals surface area (Å²) in [6.45, 7) is 2.08. The van der Waals surface area contributed by atoms with Gasteiger partial charge in [0, 0.05) is 24.1 Å². The van der Waals surface area contributed by atoms with Gasteiger partial charge in [-0.05, 0) is 36.8 Å². The Balaban J connectivity index is 1.73. The molecule has 0 aliphatic heterocycles. The molecule has 0 unspecified atom stereocenters. The molecule has 0 fully saturated rings. The van der Waals surface area contributed by atoms with E-state index in [1.54, 1.807) is 48.2 Å². The van der Waals surface area contributed by atoms with Crippen LogP contribution in [0, 0.1) is 6.92 Å². The van der Waals surface area contributed by atoms with Gasteiger partial charge in [-0.3, -0.25) is 9.10 Å². The Hall–Kier alpha value is -3.17. The molecule has 3 aromatic carbocycles. The highest BCUT2D eigenvalue weighted by atomic mass is 32.2. The lowest BCUT2D eigenvalue weighted by Gasteiger charge is -2.26. The Morgan fingerprint density at radius 1 is 0.971 bits per heavy atom. The summed E-state index contributed by atoms with van der Waals surface area (Å²) in [5.41, 5.74) is 2.66. The summed E-state index contributed by atoms with van der Waals surface area (Å²) in [7, 11) is -1.11. The van der Waals surface area contributed by atoms with Gasteiger partial charge < -0.3 is 14.8 Å². The third kappa shape index (κ3) is 7.16. The van der Waals surface area contributed by atoms with E-state index in [0.29, 0.717) is 23.8 Å². The highest BCUT2D eigenvalue weighted by molar-refractivity contribution is 7.98. The summed E-state index contributed by atoms with van der Waals surface area (Å²) >= 11 is 1.70. The monoisotopic (exact) mass is 514 g/mol. The van der Waals surface area contributed by atoms with Gasteiger partial charge in [0.25, 0.3) is 10.0 Å². The number of methoxy groups -OCH3 is 2. The Kier molecular flexibility index (Phi) is 9.45. The molecule has 7 nitrogen and oxygen atoms in total. The quantitative estimate of drug-likeness (QED) is 0.364. The summed E-state index contributed by atoms with van der Waals surface area (Å²) in [4.78, 5) is 12.9.